The van der Waals surface area contributed by atoms with Gasteiger partial charge in [-0.05, 0) is 78.7 Å². The number of allylic oxidation sites excluding steroid dienone is 2. The van der Waals surface area contributed by atoms with Gasteiger partial charge in [-0.25, -0.2) is 4.79 Å². The van der Waals surface area contributed by atoms with Gasteiger partial charge in [-0.3, -0.25) is 4.79 Å². The number of aliphatic hydroxyl groups excluding tert-OH is 1. The Kier molecular flexibility index (Phi) is 7.28. The van der Waals surface area contributed by atoms with Gasteiger partial charge >= 0.3 is 5.97 Å². The zero-order valence-electron chi connectivity index (χ0n) is 18.9. The summed E-state index contributed by atoms with van der Waals surface area (Å²) >= 11 is 1.14. The maximum atomic E-state index is 13.7. The molecule has 2 aliphatic rings. The van der Waals surface area contributed by atoms with Crippen molar-refractivity contribution in [3.8, 4) is 11.8 Å². The molecular formula is C25H33NO4S. The van der Waals surface area contributed by atoms with Crippen molar-refractivity contribution in [2.75, 3.05) is 4.90 Å². The van der Waals surface area contributed by atoms with E-state index in [1.165, 1.54) is 5.57 Å². The van der Waals surface area contributed by atoms with E-state index < -0.39 is 5.97 Å². The Morgan fingerprint density at radius 3 is 2.39 bits per heavy atom. The molecule has 1 saturated carbocycles. The fourth-order valence-electron chi connectivity index (χ4n) is 4.22. The molecule has 0 unspecified atom stereocenters. The van der Waals surface area contributed by atoms with E-state index in [4.69, 9.17) is 0 Å². The minimum atomic E-state index is -1.03. The van der Waals surface area contributed by atoms with E-state index in [-0.39, 0.29) is 34.3 Å². The van der Waals surface area contributed by atoms with Crippen molar-refractivity contribution in [2.45, 2.75) is 84.8 Å². The van der Waals surface area contributed by atoms with Crippen LogP contribution in [0.2, 0.25) is 0 Å². The summed E-state index contributed by atoms with van der Waals surface area (Å²) < 4.78 is 0. The molecule has 1 aromatic heterocycles. The molecular weight excluding hydrogens is 410 g/mol. The Morgan fingerprint density at radius 2 is 1.84 bits per heavy atom. The largest absolute Gasteiger partial charge is 0.477 e. The Hall–Kier alpha value is -2.10. The summed E-state index contributed by atoms with van der Waals surface area (Å²) in [6.07, 6.45) is 6.76. The van der Waals surface area contributed by atoms with E-state index in [9.17, 15) is 19.8 Å². The number of aromatic carboxylic acids is 1. The molecule has 1 aromatic rings. The molecule has 1 atom stereocenters. The fourth-order valence-corrected chi connectivity index (χ4v) is 5.06. The zero-order valence-corrected chi connectivity index (χ0v) is 19.7. The van der Waals surface area contributed by atoms with Crippen LogP contribution in [0.25, 0.3) is 0 Å². The third-order valence-electron chi connectivity index (χ3n) is 5.98. The quantitative estimate of drug-likeness (QED) is 0.494. The van der Waals surface area contributed by atoms with Crippen LogP contribution in [0, 0.1) is 23.2 Å². The molecule has 0 radical (unpaired) electrons. The summed E-state index contributed by atoms with van der Waals surface area (Å²) in [7, 11) is 0. The second kappa shape index (κ2) is 9.58. The van der Waals surface area contributed by atoms with Crippen LogP contribution in [0.5, 0.6) is 0 Å². The van der Waals surface area contributed by atoms with Gasteiger partial charge in [-0.15, -0.1) is 11.3 Å². The Morgan fingerprint density at radius 1 is 1.16 bits per heavy atom. The van der Waals surface area contributed by atoms with Crippen molar-refractivity contribution < 1.29 is 19.8 Å². The van der Waals surface area contributed by atoms with Gasteiger partial charge in [-0.2, -0.15) is 0 Å². The molecule has 168 valence electrons. The maximum absolute atomic E-state index is 13.7. The van der Waals surface area contributed by atoms with Crippen LogP contribution in [0.3, 0.4) is 0 Å². The summed E-state index contributed by atoms with van der Waals surface area (Å²) in [5, 5.41) is 19.9. The molecule has 5 nitrogen and oxygen atoms in total. The number of carboxylic acids is 1. The summed E-state index contributed by atoms with van der Waals surface area (Å²) in [6, 6.07) is 1.68. The minimum Gasteiger partial charge on any atom is -0.477 e. The SMILES string of the molecule is CC1=CC[C@H](C(=O)N(c2cc(C#CC(C)(C)C)sc2C(=O)O)C2CCC(O)CC2)CC1. The van der Waals surface area contributed by atoms with Crippen molar-refractivity contribution in [3.63, 3.8) is 0 Å². The molecule has 3 rings (SSSR count). The van der Waals surface area contributed by atoms with Gasteiger partial charge < -0.3 is 15.1 Å². The summed E-state index contributed by atoms with van der Waals surface area (Å²) in [4.78, 5) is 28.4. The van der Waals surface area contributed by atoms with Crippen molar-refractivity contribution in [1.82, 2.24) is 0 Å². The fraction of sp³-hybridized carbons (Fsp3) is 0.600. The van der Waals surface area contributed by atoms with Crippen LogP contribution in [-0.4, -0.2) is 34.2 Å². The standard InChI is InChI=1S/C25H33NO4S/c1-16-5-7-17(8-6-16)23(28)26(18-9-11-19(27)12-10-18)21-15-20(13-14-25(2,3)4)31-22(21)24(29)30/h5,15,17-19,27H,6-12H2,1-4H3,(H,29,30)/t17-,18?,19?/m0/s1. The molecule has 0 aromatic carbocycles. The number of amides is 1. The third-order valence-corrected chi connectivity index (χ3v) is 7.01. The number of aliphatic hydroxyl groups is 1. The first-order valence-corrected chi connectivity index (χ1v) is 11.9. The highest BCUT2D eigenvalue weighted by Crippen LogP contribution is 2.38. The Balaban J connectivity index is 2.01. The molecule has 1 fully saturated rings. The number of carbonyl (C=O) groups excluding carboxylic acids is 1. The molecule has 1 heterocycles. The van der Waals surface area contributed by atoms with Gasteiger partial charge in [0.1, 0.15) is 4.88 Å². The first-order valence-electron chi connectivity index (χ1n) is 11.1. The van der Waals surface area contributed by atoms with Gasteiger partial charge in [0.15, 0.2) is 0 Å². The van der Waals surface area contributed by atoms with E-state index in [2.05, 4.69) is 24.8 Å². The highest BCUT2D eigenvalue weighted by atomic mass is 32.1. The van der Waals surface area contributed by atoms with E-state index in [0.29, 0.717) is 42.7 Å². The molecule has 0 aliphatic heterocycles. The third kappa shape index (κ3) is 5.99. The average Bonchev–Trinajstić information content (AvgIpc) is 3.12. The van der Waals surface area contributed by atoms with Crippen molar-refractivity contribution in [2.24, 2.45) is 11.3 Å². The second-order valence-corrected chi connectivity index (χ2v) is 10.9. The number of carbonyl (C=O) groups is 2. The molecule has 0 spiro atoms. The lowest BCUT2D eigenvalue weighted by Gasteiger charge is -2.38. The van der Waals surface area contributed by atoms with Gasteiger partial charge in [0.2, 0.25) is 5.91 Å². The molecule has 2 aliphatic carbocycles. The highest BCUT2D eigenvalue weighted by molar-refractivity contribution is 7.15. The Labute approximate surface area is 189 Å². The van der Waals surface area contributed by atoms with Crippen LogP contribution in [0.15, 0.2) is 17.7 Å². The van der Waals surface area contributed by atoms with Gasteiger partial charge in [0, 0.05) is 17.4 Å². The van der Waals surface area contributed by atoms with Crippen molar-refractivity contribution in [3.05, 3.63) is 27.5 Å². The monoisotopic (exact) mass is 443 g/mol. The van der Waals surface area contributed by atoms with Crippen LogP contribution < -0.4 is 4.90 Å². The minimum absolute atomic E-state index is 0.000713. The summed E-state index contributed by atoms with van der Waals surface area (Å²) in [5.41, 5.74) is 1.57. The second-order valence-electron chi connectivity index (χ2n) is 9.82. The number of thiophene rings is 1. The van der Waals surface area contributed by atoms with E-state index in [1.807, 2.05) is 20.8 Å². The van der Waals surface area contributed by atoms with Crippen LogP contribution in [0.4, 0.5) is 5.69 Å². The number of hydrogen-bond donors (Lipinski definition) is 2. The van der Waals surface area contributed by atoms with E-state index >= 15 is 0 Å². The lowest BCUT2D eigenvalue weighted by molar-refractivity contribution is -0.123. The molecule has 6 heteroatoms. The van der Waals surface area contributed by atoms with Crippen LogP contribution in [0.1, 0.15) is 87.2 Å². The number of nitrogens with zero attached hydrogens (tertiary/aromatic N) is 1. The normalized spacial score (nSPS) is 24.0. The number of carboxylic acid groups (broad SMARTS) is 1. The molecule has 31 heavy (non-hydrogen) atoms. The van der Waals surface area contributed by atoms with Gasteiger partial charge in [-0.1, -0.05) is 23.5 Å². The highest BCUT2D eigenvalue weighted by Gasteiger charge is 2.36. The zero-order chi connectivity index (χ0) is 22.8. The van der Waals surface area contributed by atoms with Crippen molar-refractivity contribution >= 4 is 28.9 Å². The molecule has 0 saturated heterocycles. The Bertz CT molecular complexity index is 920. The summed E-state index contributed by atoms with van der Waals surface area (Å²) in [6.45, 7) is 8.11. The molecule has 2 N–H and O–H groups in total. The van der Waals surface area contributed by atoms with Crippen LogP contribution >= 0.6 is 11.3 Å². The first-order chi connectivity index (χ1) is 14.5. The van der Waals surface area contributed by atoms with Gasteiger partial charge in [0.05, 0.1) is 16.7 Å². The summed E-state index contributed by atoms with van der Waals surface area (Å²) in [5.74, 6) is 5.10. The van der Waals surface area contributed by atoms with Crippen molar-refractivity contribution in [1.29, 1.82) is 0 Å². The number of hydrogen-bond acceptors (Lipinski definition) is 4. The van der Waals surface area contributed by atoms with E-state index in [1.54, 1.807) is 11.0 Å². The molecule has 0 bridgehead atoms. The van der Waals surface area contributed by atoms with Crippen LogP contribution in [-0.2, 0) is 4.79 Å². The number of rotatable bonds is 4. The maximum Gasteiger partial charge on any atom is 0.348 e. The van der Waals surface area contributed by atoms with Gasteiger partial charge in [0.25, 0.3) is 0 Å². The lowest BCUT2D eigenvalue weighted by atomic mass is 9.86. The smallest absolute Gasteiger partial charge is 0.348 e. The average molecular weight is 444 g/mol. The lowest BCUT2D eigenvalue weighted by Crippen LogP contribution is -2.46. The first kappa shape index (κ1) is 23.6. The topological polar surface area (TPSA) is 77.8 Å². The predicted octanol–water partition coefficient (Wildman–Crippen LogP) is 5.23. The number of anilines is 1. The predicted molar refractivity (Wildman–Crippen MR) is 124 cm³/mol. The molecule has 1 amide bonds. The van der Waals surface area contributed by atoms with E-state index in [0.717, 1.165) is 24.2 Å².